The van der Waals surface area contributed by atoms with Crippen molar-refractivity contribution in [2.24, 2.45) is 0 Å². The van der Waals surface area contributed by atoms with Gasteiger partial charge in [0.05, 0.1) is 6.54 Å². The van der Waals surface area contributed by atoms with Gasteiger partial charge in [0.25, 0.3) is 5.91 Å². The Hall–Kier alpha value is -2.91. The zero-order valence-corrected chi connectivity index (χ0v) is 13.5. The Bertz CT molecular complexity index is 830. The summed E-state index contributed by atoms with van der Waals surface area (Å²) >= 11 is 0. The number of carboxylic acid groups (broad SMARTS) is 1. The van der Waals surface area contributed by atoms with Crippen molar-refractivity contribution in [1.29, 1.82) is 0 Å². The van der Waals surface area contributed by atoms with E-state index in [9.17, 15) is 22.8 Å². The number of halogens is 3. The number of hydrogen-bond donors (Lipinski definition) is 1. The minimum atomic E-state index is -4.77. The van der Waals surface area contributed by atoms with Gasteiger partial charge in [-0.2, -0.15) is 13.2 Å². The van der Waals surface area contributed by atoms with E-state index < -0.39 is 29.6 Å². The molecule has 0 atom stereocenters. The number of aromatic carboxylic acids is 1. The number of carbonyl (C=O) groups excluding carboxylic acids is 1. The molecule has 0 unspecified atom stereocenters. The number of carboxylic acids is 1. The van der Waals surface area contributed by atoms with E-state index in [4.69, 9.17) is 9.52 Å². The number of amides is 1. The fraction of sp³-hybridized carbons (Fsp3) is 0.333. The van der Waals surface area contributed by atoms with E-state index in [1.165, 1.54) is 27.0 Å². The fourth-order valence-corrected chi connectivity index (χ4v) is 2.14. The van der Waals surface area contributed by atoms with Gasteiger partial charge in [-0.15, -0.1) is 0 Å². The van der Waals surface area contributed by atoms with Gasteiger partial charge < -0.3 is 14.4 Å². The Morgan fingerprint density at radius 1 is 1.24 bits per heavy atom. The number of aryl methyl sites for hydroxylation is 2. The van der Waals surface area contributed by atoms with Crippen molar-refractivity contribution in [2.45, 2.75) is 26.6 Å². The van der Waals surface area contributed by atoms with Gasteiger partial charge in [-0.3, -0.25) is 4.79 Å². The summed E-state index contributed by atoms with van der Waals surface area (Å²) in [6, 6.07) is 2.40. The first-order valence-electron chi connectivity index (χ1n) is 7.00. The molecule has 0 aliphatic rings. The van der Waals surface area contributed by atoms with Crippen LogP contribution in [0.5, 0.6) is 0 Å². The summed E-state index contributed by atoms with van der Waals surface area (Å²) in [5.74, 6) is -3.00. The molecule has 1 N–H and O–H groups in total. The van der Waals surface area contributed by atoms with Gasteiger partial charge in [-0.05, 0) is 26.0 Å². The highest BCUT2D eigenvalue weighted by Crippen LogP contribution is 2.26. The molecule has 0 saturated carbocycles. The number of carbonyl (C=O) groups is 2. The SMILES string of the molecule is Cc1cc(C(=O)N(C)Cc2cc(C(=O)O)c(C)o2)nc(C(F)(F)F)n1. The molecule has 2 heterocycles. The molecule has 0 bridgehead atoms. The lowest BCUT2D eigenvalue weighted by atomic mass is 10.2. The number of rotatable bonds is 4. The molecule has 2 rings (SSSR count). The summed E-state index contributed by atoms with van der Waals surface area (Å²) in [6.07, 6.45) is -4.77. The molecule has 0 radical (unpaired) electrons. The molecular formula is C15H14F3N3O4. The predicted molar refractivity (Wildman–Crippen MR) is 78.0 cm³/mol. The minimum Gasteiger partial charge on any atom is -0.478 e. The third kappa shape index (κ3) is 4.14. The smallest absolute Gasteiger partial charge is 0.451 e. The van der Waals surface area contributed by atoms with E-state index in [1.807, 2.05) is 0 Å². The van der Waals surface area contributed by atoms with Gasteiger partial charge in [-0.1, -0.05) is 0 Å². The van der Waals surface area contributed by atoms with E-state index in [-0.39, 0.29) is 29.3 Å². The van der Waals surface area contributed by atoms with Crippen molar-refractivity contribution in [3.8, 4) is 0 Å². The molecule has 10 heteroatoms. The molecule has 0 saturated heterocycles. The molecule has 2 aromatic rings. The fourth-order valence-electron chi connectivity index (χ4n) is 2.14. The Balaban J connectivity index is 2.24. The summed E-state index contributed by atoms with van der Waals surface area (Å²) in [4.78, 5) is 30.9. The second-order valence-corrected chi connectivity index (χ2v) is 5.36. The van der Waals surface area contributed by atoms with Gasteiger partial charge in [0.1, 0.15) is 22.8 Å². The molecule has 25 heavy (non-hydrogen) atoms. The van der Waals surface area contributed by atoms with Gasteiger partial charge in [0.15, 0.2) is 0 Å². The first-order chi connectivity index (χ1) is 11.5. The average Bonchev–Trinajstić information content (AvgIpc) is 2.85. The molecule has 1 amide bonds. The summed E-state index contributed by atoms with van der Waals surface area (Å²) < 4.78 is 43.5. The lowest BCUT2D eigenvalue weighted by molar-refractivity contribution is -0.145. The first-order valence-corrected chi connectivity index (χ1v) is 7.00. The minimum absolute atomic E-state index is 0.00100. The molecule has 0 aliphatic heterocycles. The highest BCUT2D eigenvalue weighted by atomic mass is 19.4. The molecule has 0 spiro atoms. The highest BCUT2D eigenvalue weighted by molar-refractivity contribution is 5.92. The normalized spacial score (nSPS) is 11.4. The van der Waals surface area contributed by atoms with E-state index >= 15 is 0 Å². The summed E-state index contributed by atoms with van der Waals surface area (Å²) in [6.45, 7) is 2.65. The second kappa shape index (κ2) is 6.54. The maximum Gasteiger partial charge on any atom is 0.451 e. The van der Waals surface area contributed by atoms with Gasteiger partial charge in [0, 0.05) is 12.7 Å². The van der Waals surface area contributed by atoms with Crippen molar-refractivity contribution in [2.75, 3.05) is 7.05 Å². The van der Waals surface area contributed by atoms with Crippen molar-refractivity contribution >= 4 is 11.9 Å². The molecular weight excluding hydrogens is 343 g/mol. The third-order valence-electron chi connectivity index (χ3n) is 3.27. The lowest BCUT2D eigenvalue weighted by Crippen LogP contribution is -2.28. The summed E-state index contributed by atoms with van der Waals surface area (Å²) in [5.41, 5.74) is -0.460. The predicted octanol–water partition coefficient (Wildman–Crippen LogP) is 2.68. The van der Waals surface area contributed by atoms with E-state index in [1.54, 1.807) is 0 Å². The molecule has 2 aromatic heterocycles. The summed E-state index contributed by atoms with van der Waals surface area (Å²) in [5, 5.41) is 8.97. The van der Waals surface area contributed by atoms with Crippen LogP contribution in [0.4, 0.5) is 13.2 Å². The lowest BCUT2D eigenvalue weighted by Gasteiger charge is -2.16. The highest BCUT2D eigenvalue weighted by Gasteiger charge is 2.36. The number of aromatic nitrogens is 2. The van der Waals surface area contributed by atoms with Crippen LogP contribution in [0.25, 0.3) is 0 Å². The van der Waals surface area contributed by atoms with Crippen molar-refractivity contribution in [3.63, 3.8) is 0 Å². The molecule has 134 valence electrons. The van der Waals surface area contributed by atoms with Crippen LogP contribution in [-0.4, -0.2) is 38.9 Å². The van der Waals surface area contributed by atoms with Crippen LogP contribution < -0.4 is 0 Å². The Morgan fingerprint density at radius 2 is 1.88 bits per heavy atom. The first kappa shape index (κ1) is 18.4. The van der Waals surface area contributed by atoms with E-state index in [2.05, 4.69) is 9.97 Å². The van der Waals surface area contributed by atoms with Gasteiger partial charge in [0.2, 0.25) is 5.82 Å². The molecule has 0 fully saturated rings. The zero-order chi connectivity index (χ0) is 18.9. The van der Waals surface area contributed by atoms with Crippen molar-refractivity contribution in [1.82, 2.24) is 14.9 Å². The van der Waals surface area contributed by atoms with Gasteiger partial charge in [-0.25, -0.2) is 14.8 Å². The van der Waals surface area contributed by atoms with E-state index in [0.717, 1.165) is 11.0 Å². The Morgan fingerprint density at radius 3 is 2.40 bits per heavy atom. The van der Waals surface area contributed by atoms with Crippen LogP contribution in [0, 0.1) is 13.8 Å². The number of nitrogens with zero attached hydrogens (tertiary/aromatic N) is 3. The van der Waals surface area contributed by atoms with Crippen LogP contribution in [0.3, 0.4) is 0 Å². The zero-order valence-electron chi connectivity index (χ0n) is 13.5. The van der Waals surface area contributed by atoms with Crippen LogP contribution in [-0.2, 0) is 12.7 Å². The molecule has 7 nitrogen and oxygen atoms in total. The topological polar surface area (TPSA) is 96.5 Å². The number of hydrogen-bond acceptors (Lipinski definition) is 5. The van der Waals surface area contributed by atoms with Crippen molar-refractivity contribution < 1.29 is 32.3 Å². The number of furan rings is 1. The maximum absolute atomic E-state index is 12.8. The van der Waals surface area contributed by atoms with Crippen LogP contribution in [0.2, 0.25) is 0 Å². The van der Waals surface area contributed by atoms with Crippen LogP contribution in [0.1, 0.15) is 43.9 Å². The maximum atomic E-state index is 12.8. The van der Waals surface area contributed by atoms with Crippen molar-refractivity contribution in [3.05, 3.63) is 46.4 Å². The largest absolute Gasteiger partial charge is 0.478 e. The molecule has 0 aliphatic carbocycles. The monoisotopic (exact) mass is 357 g/mol. The summed E-state index contributed by atoms with van der Waals surface area (Å²) in [7, 11) is 1.34. The van der Waals surface area contributed by atoms with Crippen LogP contribution >= 0.6 is 0 Å². The average molecular weight is 357 g/mol. The van der Waals surface area contributed by atoms with Crippen LogP contribution in [0.15, 0.2) is 16.5 Å². The third-order valence-corrected chi connectivity index (χ3v) is 3.27. The quantitative estimate of drug-likeness (QED) is 0.904. The molecule has 0 aromatic carbocycles. The Labute approximate surface area is 140 Å². The van der Waals surface area contributed by atoms with Gasteiger partial charge >= 0.3 is 12.1 Å². The number of alkyl halides is 3. The Kier molecular flexibility index (Phi) is 4.82. The second-order valence-electron chi connectivity index (χ2n) is 5.36. The standard InChI is InChI=1S/C15H14F3N3O4/c1-7-4-11(20-14(19-7)15(16,17)18)12(22)21(3)6-9-5-10(13(23)24)8(2)25-9/h4-5H,6H2,1-3H3,(H,23,24). The van der Waals surface area contributed by atoms with E-state index in [0.29, 0.717) is 0 Å².